The maximum Gasteiger partial charge on any atom is 0.136 e. The Morgan fingerprint density at radius 3 is 2.38 bits per heavy atom. The zero-order valence-corrected chi connectivity index (χ0v) is 14.9. The first-order valence-corrected chi connectivity index (χ1v) is 8.51. The molecule has 0 bridgehead atoms. The van der Waals surface area contributed by atoms with Gasteiger partial charge < -0.3 is 4.55 Å². The second-order valence-corrected chi connectivity index (χ2v) is 8.71. The van der Waals surface area contributed by atoms with E-state index in [0.29, 0.717) is 0 Å². The number of aryl methyl sites for hydroxylation is 1. The third-order valence-corrected chi connectivity index (χ3v) is 4.99. The second kappa shape index (κ2) is 6.48. The topological polar surface area (TPSA) is 65.8 Å². The van der Waals surface area contributed by atoms with Crippen LogP contribution in [0.25, 0.3) is 0 Å². The molecule has 2 atom stereocenters. The van der Waals surface area contributed by atoms with Gasteiger partial charge in [0.1, 0.15) is 16.5 Å². The predicted molar refractivity (Wildman–Crippen MR) is 88.0 cm³/mol. The maximum absolute atomic E-state index is 12.4. The van der Waals surface area contributed by atoms with Gasteiger partial charge in [-0.05, 0) is 38.5 Å². The van der Waals surface area contributed by atoms with Crippen molar-refractivity contribution < 1.29 is 4.55 Å². The highest BCUT2D eigenvalue weighted by molar-refractivity contribution is 9.10. The summed E-state index contributed by atoms with van der Waals surface area (Å²) in [5, 5.41) is 8.12. The summed E-state index contributed by atoms with van der Waals surface area (Å²) in [4.78, 5) is 0. The number of nitrogens with zero attached hydrogens (tertiary/aromatic N) is 3. The summed E-state index contributed by atoms with van der Waals surface area (Å²) in [6.07, 6.45) is 1.83. The van der Waals surface area contributed by atoms with Crippen molar-refractivity contribution in [2.75, 3.05) is 0 Å². The molecule has 21 heavy (non-hydrogen) atoms. The van der Waals surface area contributed by atoms with Crippen molar-refractivity contribution in [2.24, 2.45) is 7.05 Å². The van der Waals surface area contributed by atoms with Gasteiger partial charge in [-0.3, -0.25) is 4.68 Å². The fourth-order valence-electron chi connectivity index (χ4n) is 1.74. The summed E-state index contributed by atoms with van der Waals surface area (Å²) in [5.74, 6) is 0. The Bertz CT molecular complexity index is 594. The van der Waals surface area contributed by atoms with Crippen molar-refractivity contribution in [3.05, 3.63) is 46.2 Å². The van der Waals surface area contributed by atoms with Gasteiger partial charge in [-0.1, -0.05) is 33.3 Å². The lowest BCUT2D eigenvalue weighted by atomic mass is 10.1. The molecule has 7 heteroatoms. The van der Waals surface area contributed by atoms with Crippen LogP contribution in [0.3, 0.4) is 0 Å². The van der Waals surface area contributed by atoms with E-state index in [4.69, 9.17) is 0 Å². The summed E-state index contributed by atoms with van der Waals surface area (Å²) in [6.45, 7) is 5.81. The molecule has 1 unspecified atom stereocenters. The fourth-order valence-corrected chi connectivity index (χ4v) is 2.82. The molecule has 2 rings (SSSR count). The lowest BCUT2D eigenvalue weighted by Crippen LogP contribution is -2.41. The highest BCUT2D eigenvalue weighted by Crippen LogP contribution is 2.25. The molecule has 5 nitrogen and oxygen atoms in total. The predicted octanol–water partition coefficient (Wildman–Crippen LogP) is 2.72. The van der Waals surface area contributed by atoms with Crippen LogP contribution in [0.5, 0.6) is 0 Å². The molecule has 0 saturated carbocycles. The van der Waals surface area contributed by atoms with E-state index < -0.39 is 11.4 Å². The van der Waals surface area contributed by atoms with Crippen LogP contribution >= 0.6 is 15.9 Å². The van der Waals surface area contributed by atoms with Crippen LogP contribution in [-0.2, 0) is 18.4 Å². The average Bonchev–Trinajstić information content (AvgIpc) is 2.82. The van der Waals surface area contributed by atoms with Gasteiger partial charge in [0.25, 0.3) is 0 Å². The Balaban J connectivity index is 2.33. The first kappa shape index (κ1) is 16.5. The quantitative estimate of drug-likeness (QED) is 0.840. The van der Waals surface area contributed by atoms with Crippen molar-refractivity contribution in [1.29, 1.82) is 0 Å². The number of rotatable bonds is 4. The van der Waals surface area contributed by atoms with Gasteiger partial charge in [-0.15, -0.1) is 9.82 Å². The molecule has 0 aliphatic rings. The van der Waals surface area contributed by atoms with Crippen LogP contribution < -0.4 is 4.72 Å². The number of hydrogen-bond donors (Lipinski definition) is 1. The van der Waals surface area contributed by atoms with Crippen LogP contribution in [0.15, 0.2) is 34.9 Å². The van der Waals surface area contributed by atoms with E-state index in [-0.39, 0.29) is 10.8 Å². The van der Waals surface area contributed by atoms with Crippen LogP contribution in [0.1, 0.15) is 38.1 Å². The lowest BCUT2D eigenvalue weighted by Gasteiger charge is -2.27. The second-order valence-electron chi connectivity index (χ2n) is 5.80. The summed E-state index contributed by atoms with van der Waals surface area (Å²) < 4.78 is 17.9. The molecule has 0 aliphatic heterocycles. The zero-order valence-electron chi connectivity index (χ0n) is 12.5. The first-order valence-electron chi connectivity index (χ1n) is 6.57. The maximum atomic E-state index is 12.4. The lowest BCUT2D eigenvalue weighted by molar-refractivity contribution is 0.534. The summed E-state index contributed by atoms with van der Waals surface area (Å²) in [6, 6.07) is 7.62. The molecule has 0 aliphatic carbocycles. The minimum absolute atomic E-state index is 0.258. The molecule has 1 heterocycles. The number of hydrogen-bond acceptors (Lipinski definition) is 4. The zero-order chi connectivity index (χ0) is 15.6. The molecule has 0 radical (unpaired) electrons. The fraction of sp³-hybridized carbons (Fsp3) is 0.429. The number of benzene rings is 1. The minimum Gasteiger partial charge on any atom is -0.598 e. The standard InChI is InChI=1S/C14H19BrN4OS/c1-14(2,3)21(20)17-13(12-9-19(4)18-16-12)10-5-7-11(15)8-6-10/h5-9,13,17H,1-4H3/t13-,21?/m0/s1. The van der Waals surface area contributed by atoms with E-state index in [1.165, 1.54) is 0 Å². The van der Waals surface area contributed by atoms with Gasteiger partial charge in [0.15, 0.2) is 0 Å². The van der Waals surface area contributed by atoms with E-state index in [9.17, 15) is 4.55 Å². The normalized spacial score (nSPS) is 15.0. The minimum atomic E-state index is -1.20. The smallest absolute Gasteiger partial charge is 0.136 e. The summed E-state index contributed by atoms with van der Waals surface area (Å²) in [5.41, 5.74) is 1.74. The van der Waals surface area contributed by atoms with Crippen molar-refractivity contribution in [3.8, 4) is 0 Å². The van der Waals surface area contributed by atoms with Crippen LogP contribution in [-0.4, -0.2) is 24.3 Å². The third-order valence-electron chi connectivity index (χ3n) is 2.90. The van der Waals surface area contributed by atoms with Gasteiger partial charge >= 0.3 is 0 Å². The molecule has 1 aromatic carbocycles. The summed E-state index contributed by atoms with van der Waals surface area (Å²) in [7, 11) is 1.82. The highest BCUT2D eigenvalue weighted by atomic mass is 79.9. The Hall–Kier alpha value is -0.890. The SMILES string of the molecule is Cn1cc([C@@H](N[S+]([O-])C(C)(C)C)c2ccc(Br)cc2)nn1. The highest BCUT2D eigenvalue weighted by Gasteiger charge is 2.31. The molecule has 2 aromatic rings. The Kier molecular flexibility index (Phi) is 5.08. The average molecular weight is 371 g/mol. The van der Waals surface area contributed by atoms with Crippen molar-refractivity contribution in [2.45, 2.75) is 31.6 Å². The van der Waals surface area contributed by atoms with Gasteiger partial charge in [-0.2, -0.15) is 0 Å². The van der Waals surface area contributed by atoms with E-state index >= 15 is 0 Å². The molecular weight excluding hydrogens is 352 g/mol. The molecule has 1 aromatic heterocycles. The van der Waals surface area contributed by atoms with Crippen LogP contribution in [0.2, 0.25) is 0 Å². The monoisotopic (exact) mass is 370 g/mol. The van der Waals surface area contributed by atoms with Crippen LogP contribution in [0.4, 0.5) is 0 Å². The van der Waals surface area contributed by atoms with Gasteiger partial charge in [0.05, 0.1) is 6.20 Å². The molecule has 0 fully saturated rings. The van der Waals surface area contributed by atoms with Gasteiger partial charge in [-0.25, -0.2) is 0 Å². The Morgan fingerprint density at radius 2 is 1.90 bits per heavy atom. The molecule has 0 amide bonds. The van der Waals surface area contributed by atoms with E-state index in [2.05, 4.69) is 31.0 Å². The van der Waals surface area contributed by atoms with Gasteiger partial charge in [0.2, 0.25) is 0 Å². The van der Waals surface area contributed by atoms with Crippen LogP contribution in [0, 0.1) is 0 Å². The van der Waals surface area contributed by atoms with Gasteiger partial charge in [0, 0.05) is 22.9 Å². The van der Waals surface area contributed by atoms with Crippen molar-refractivity contribution in [1.82, 2.24) is 19.7 Å². The Morgan fingerprint density at radius 1 is 1.29 bits per heavy atom. The number of aromatic nitrogens is 3. The van der Waals surface area contributed by atoms with Crippen molar-refractivity contribution >= 4 is 27.3 Å². The third kappa shape index (κ3) is 4.29. The molecule has 0 saturated heterocycles. The molecule has 114 valence electrons. The first-order chi connectivity index (χ1) is 9.77. The van der Waals surface area contributed by atoms with Crippen molar-refractivity contribution in [3.63, 3.8) is 0 Å². The van der Waals surface area contributed by atoms with E-state index in [1.54, 1.807) is 4.68 Å². The largest absolute Gasteiger partial charge is 0.598 e. The molecule has 0 spiro atoms. The Labute approximate surface area is 136 Å². The number of nitrogens with one attached hydrogen (secondary N) is 1. The molecular formula is C14H19BrN4OS. The summed E-state index contributed by atoms with van der Waals surface area (Å²) >= 11 is 2.22. The molecule has 1 N–H and O–H groups in total. The number of halogens is 1. The van der Waals surface area contributed by atoms with E-state index in [1.807, 2.05) is 58.3 Å². The van der Waals surface area contributed by atoms with E-state index in [0.717, 1.165) is 15.7 Å².